The molecule has 1 aromatic rings. The van der Waals surface area contributed by atoms with Crippen LogP contribution in [-0.2, 0) is 16.2 Å². The van der Waals surface area contributed by atoms with Crippen molar-refractivity contribution in [3.63, 3.8) is 0 Å². The van der Waals surface area contributed by atoms with Crippen molar-refractivity contribution >= 4 is 11.9 Å². The van der Waals surface area contributed by atoms with Gasteiger partial charge in [0.2, 0.25) is 5.91 Å². The maximum Gasteiger partial charge on any atom is 0.330 e. The highest BCUT2D eigenvalue weighted by molar-refractivity contribution is 5.84. The fourth-order valence-corrected chi connectivity index (χ4v) is 1.74. The Labute approximate surface area is 123 Å². The largest absolute Gasteiger partial charge is 0.493 e. The Morgan fingerprint density at radius 2 is 2.00 bits per heavy atom. The second kappa shape index (κ2) is 8.23. The molecule has 0 fully saturated rings. The first-order valence-electron chi connectivity index (χ1n) is 6.42. The first-order valence-corrected chi connectivity index (χ1v) is 6.42. The molecule has 0 unspecified atom stereocenters. The molecule has 21 heavy (non-hydrogen) atoms. The minimum Gasteiger partial charge on any atom is -0.493 e. The highest BCUT2D eigenvalue weighted by Gasteiger charge is 2.16. The molecule has 1 rings (SSSR count). The van der Waals surface area contributed by atoms with Crippen LogP contribution < -0.4 is 20.1 Å². The van der Waals surface area contributed by atoms with Crippen molar-refractivity contribution in [2.45, 2.75) is 13.5 Å². The van der Waals surface area contributed by atoms with Gasteiger partial charge >= 0.3 is 5.97 Å². The Hall–Kier alpha value is -2.12. The van der Waals surface area contributed by atoms with Crippen molar-refractivity contribution < 1.29 is 24.2 Å². The Bertz CT molecular complexity index is 491. The molecule has 3 N–H and O–H groups in total. The van der Waals surface area contributed by atoms with E-state index >= 15 is 0 Å². The van der Waals surface area contributed by atoms with E-state index < -0.39 is 5.97 Å². The average Bonchev–Trinajstić information content (AvgIpc) is 2.46. The van der Waals surface area contributed by atoms with Crippen molar-refractivity contribution in [2.24, 2.45) is 0 Å². The molecule has 0 bridgehead atoms. The quantitative estimate of drug-likeness (QED) is 0.474. The van der Waals surface area contributed by atoms with Crippen molar-refractivity contribution in [1.29, 1.82) is 0 Å². The summed E-state index contributed by atoms with van der Waals surface area (Å²) in [6.07, 6.45) is 0. The molecule has 116 valence electrons. The zero-order valence-corrected chi connectivity index (χ0v) is 12.4. The Kier molecular flexibility index (Phi) is 6.64. The second-order valence-corrected chi connectivity index (χ2v) is 4.39. The molecular formula is C14H20N2O5. The fourth-order valence-electron chi connectivity index (χ4n) is 1.74. The Morgan fingerprint density at radius 3 is 2.57 bits per heavy atom. The zero-order chi connectivity index (χ0) is 15.8. The van der Waals surface area contributed by atoms with Crippen molar-refractivity contribution in [2.75, 3.05) is 27.2 Å². The number of amides is 1. The third-order valence-corrected chi connectivity index (χ3v) is 2.65. The normalized spacial score (nSPS) is 10.1. The van der Waals surface area contributed by atoms with Gasteiger partial charge in [-0.05, 0) is 31.7 Å². The number of aliphatic hydroxyl groups excluding tert-OH is 1. The van der Waals surface area contributed by atoms with Crippen LogP contribution in [0.2, 0.25) is 0 Å². The van der Waals surface area contributed by atoms with E-state index in [1.807, 2.05) is 6.92 Å². The summed E-state index contributed by atoms with van der Waals surface area (Å²) < 4.78 is 10.3. The summed E-state index contributed by atoms with van der Waals surface area (Å²) in [5, 5.41) is 14.4. The fraction of sp³-hybridized carbons (Fsp3) is 0.429. The molecule has 7 heteroatoms. The van der Waals surface area contributed by atoms with Crippen LogP contribution in [0.5, 0.6) is 11.5 Å². The lowest BCUT2D eigenvalue weighted by Gasteiger charge is -2.14. The first-order chi connectivity index (χ1) is 10.0. The molecule has 1 aromatic carbocycles. The zero-order valence-electron chi connectivity index (χ0n) is 12.4. The molecule has 0 aliphatic heterocycles. The predicted octanol–water partition coefficient (Wildman–Crippen LogP) is -0.263. The van der Waals surface area contributed by atoms with Gasteiger partial charge in [-0.1, -0.05) is 0 Å². The van der Waals surface area contributed by atoms with Crippen LogP contribution in [0, 0.1) is 6.92 Å². The van der Waals surface area contributed by atoms with Gasteiger partial charge in [0, 0.05) is 5.56 Å². The van der Waals surface area contributed by atoms with Gasteiger partial charge < -0.3 is 25.2 Å². The maximum absolute atomic E-state index is 11.7. The van der Waals surface area contributed by atoms with Gasteiger partial charge in [0.1, 0.15) is 6.54 Å². The van der Waals surface area contributed by atoms with E-state index in [0.717, 1.165) is 5.56 Å². The van der Waals surface area contributed by atoms with E-state index in [4.69, 9.17) is 9.47 Å². The number of likely N-dealkylation sites (N-methyl/N-ethyl adjacent to an activating group) is 1. The number of methoxy groups -OCH3 is 1. The number of hydrogen-bond acceptors (Lipinski definition) is 6. The van der Waals surface area contributed by atoms with Crippen LogP contribution in [0.3, 0.4) is 0 Å². The van der Waals surface area contributed by atoms with E-state index in [0.29, 0.717) is 11.3 Å². The van der Waals surface area contributed by atoms with Crippen molar-refractivity contribution in [3.8, 4) is 11.5 Å². The summed E-state index contributed by atoms with van der Waals surface area (Å²) in [5.74, 6) is -0.434. The molecule has 1 amide bonds. The topological polar surface area (TPSA) is 96.9 Å². The Morgan fingerprint density at radius 1 is 1.29 bits per heavy atom. The summed E-state index contributed by atoms with van der Waals surface area (Å²) in [4.78, 5) is 23.0. The number of carbonyl (C=O) groups is 2. The van der Waals surface area contributed by atoms with Crippen molar-refractivity contribution in [1.82, 2.24) is 10.6 Å². The molecule has 0 atom stereocenters. The van der Waals surface area contributed by atoms with Gasteiger partial charge in [-0.15, -0.1) is 0 Å². The number of aryl methyl sites for hydroxylation is 1. The van der Waals surface area contributed by atoms with Crippen molar-refractivity contribution in [3.05, 3.63) is 23.3 Å². The van der Waals surface area contributed by atoms with Crippen LogP contribution in [0.4, 0.5) is 0 Å². The molecular weight excluding hydrogens is 276 g/mol. The highest BCUT2D eigenvalue weighted by Crippen LogP contribution is 2.32. The smallest absolute Gasteiger partial charge is 0.330 e. The Balaban J connectivity index is 2.77. The summed E-state index contributed by atoms with van der Waals surface area (Å²) in [7, 11) is 3.07. The minimum atomic E-state index is -0.642. The average molecular weight is 296 g/mol. The molecule has 0 saturated carbocycles. The first kappa shape index (κ1) is 16.9. The minimum absolute atomic E-state index is 0.114. The van der Waals surface area contributed by atoms with Crippen LogP contribution in [-0.4, -0.2) is 44.2 Å². The van der Waals surface area contributed by atoms with Gasteiger partial charge in [-0.3, -0.25) is 4.79 Å². The highest BCUT2D eigenvalue weighted by atomic mass is 16.6. The lowest BCUT2D eigenvalue weighted by Crippen LogP contribution is -2.37. The van der Waals surface area contributed by atoms with Gasteiger partial charge in [0.15, 0.2) is 11.5 Å². The molecule has 0 aliphatic rings. The summed E-state index contributed by atoms with van der Waals surface area (Å²) in [6.45, 7) is 1.41. The molecule has 0 heterocycles. The number of hydrogen-bond donors (Lipinski definition) is 3. The van der Waals surface area contributed by atoms with E-state index in [9.17, 15) is 14.7 Å². The SMILES string of the molecule is CNCC(=O)NCC(=O)Oc1c(CO)cc(C)cc1OC. The lowest BCUT2D eigenvalue weighted by atomic mass is 10.1. The molecule has 0 saturated heterocycles. The maximum atomic E-state index is 11.7. The van der Waals surface area contributed by atoms with Gasteiger partial charge in [-0.25, -0.2) is 4.79 Å². The van der Waals surface area contributed by atoms with E-state index in [1.165, 1.54) is 7.11 Å². The number of carbonyl (C=O) groups excluding carboxylic acids is 2. The van der Waals surface area contributed by atoms with Gasteiger partial charge in [-0.2, -0.15) is 0 Å². The van der Waals surface area contributed by atoms with E-state index in [1.54, 1.807) is 19.2 Å². The predicted molar refractivity (Wildman–Crippen MR) is 76.2 cm³/mol. The van der Waals surface area contributed by atoms with Crippen LogP contribution in [0.15, 0.2) is 12.1 Å². The molecule has 0 spiro atoms. The number of ether oxygens (including phenoxy) is 2. The number of aliphatic hydroxyl groups is 1. The third kappa shape index (κ3) is 5.05. The molecule has 0 aromatic heterocycles. The van der Waals surface area contributed by atoms with Gasteiger partial charge in [0.05, 0.1) is 20.3 Å². The van der Waals surface area contributed by atoms with Crippen LogP contribution >= 0.6 is 0 Å². The standard InChI is InChI=1S/C14H20N2O5/c1-9-4-10(8-17)14(11(5-9)20-3)21-13(19)7-16-12(18)6-15-2/h4-5,15,17H,6-8H2,1-3H3,(H,16,18). The molecule has 7 nitrogen and oxygen atoms in total. The molecule has 0 radical (unpaired) electrons. The lowest BCUT2D eigenvalue weighted by molar-refractivity contribution is -0.135. The van der Waals surface area contributed by atoms with E-state index in [2.05, 4.69) is 10.6 Å². The summed E-state index contributed by atoms with van der Waals surface area (Å²) in [5.41, 5.74) is 1.32. The second-order valence-electron chi connectivity index (χ2n) is 4.39. The van der Waals surface area contributed by atoms with Gasteiger partial charge in [0.25, 0.3) is 0 Å². The number of nitrogens with one attached hydrogen (secondary N) is 2. The van der Waals surface area contributed by atoms with Crippen LogP contribution in [0.1, 0.15) is 11.1 Å². The van der Waals surface area contributed by atoms with E-state index in [-0.39, 0.29) is 31.4 Å². The summed E-state index contributed by atoms with van der Waals surface area (Å²) >= 11 is 0. The third-order valence-electron chi connectivity index (χ3n) is 2.65. The number of rotatable bonds is 7. The van der Waals surface area contributed by atoms with Crippen LogP contribution in [0.25, 0.3) is 0 Å². The summed E-state index contributed by atoms with van der Waals surface area (Å²) in [6, 6.07) is 3.39. The monoisotopic (exact) mass is 296 g/mol. The number of esters is 1. The number of benzene rings is 1. The molecule has 0 aliphatic carbocycles.